The van der Waals surface area contributed by atoms with Gasteiger partial charge in [0.05, 0.1) is 33.6 Å². The zero-order chi connectivity index (χ0) is 27.2. The number of rotatable bonds is 11. The monoisotopic (exact) mass is 546 g/mol. The van der Waals surface area contributed by atoms with Crippen LogP contribution in [-0.4, -0.2) is 66.0 Å². The number of carbonyl (C=O) groups excluding carboxylic acids is 1. The van der Waals surface area contributed by atoms with Gasteiger partial charge in [0.1, 0.15) is 36.9 Å². The Kier molecular flexibility index (Phi) is 8.21. The highest BCUT2D eigenvalue weighted by molar-refractivity contribution is 6.32. The smallest absolute Gasteiger partial charge is 0.157 e. The number of benzene rings is 2. The second-order valence-electron chi connectivity index (χ2n) is 9.91. The maximum Gasteiger partial charge on any atom is 0.157 e. The van der Waals surface area contributed by atoms with Crippen LogP contribution in [0.3, 0.4) is 0 Å². The Balaban J connectivity index is 1.35. The predicted molar refractivity (Wildman–Crippen MR) is 152 cm³/mol. The lowest BCUT2D eigenvalue weighted by atomic mass is 9.83. The van der Waals surface area contributed by atoms with E-state index in [4.69, 9.17) is 21.1 Å². The molecule has 1 fully saturated rings. The van der Waals surface area contributed by atoms with E-state index < -0.39 is 5.41 Å². The minimum atomic E-state index is -0.575. The molecule has 2 N–H and O–H groups in total. The van der Waals surface area contributed by atoms with Gasteiger partial charge in [0.15, 0.2) is 5.78 Å². The van der Waals surface area contributed by atoms with Gasteiger partial charge in [0.25, 0.3) is 0 Å². The molecule has 0 spiro atoms. The molecule has 39 heavy (non-hydrogen) atoms. The quantitative estimate of drug-likeness (QED) is 0.282. The van der Waals surface area contributed by atoms with Gasteiger partial charge in [-0.3, -0.25) is 9.78 Å². The summed E-state index contributed by atoms with van der Waals surface area (Å²) in [7, 11) is 3.81. The number of aromatic nitrogens is 3. The number of nitrogens with one attached hydrogen (secondary N) is 2. The summed E-state index contributed by atoms with van der Waals surface area (Å²) in [5.41, 5.74) is 1.70. The normalized spacial score (nSPS) is 16.9. The zero-order valence-corrected chi connectivity index (χ0v) is 22.7. The van der Waals surface area contributed by atoms with Crippen LogP contribution in [-0.2, 0) is 11.4 Å². The molecular weight excluding hydrogens is 516 g/mol. The van der Waals surface area contributed by atoms with Gasteiger partial charge in [-0.05, 0) is 69.5 Å². The molecule has 1 aliphatic heterocycles. The molecule has 2 aromatic carbocycles. The van der Waals surface area contributed by atoms with Gasteiger partial charge in [-0.25, -0.2) is 9.97 Å². The highest BCUT2D eigenvalue weighted by Crippen LogP contribution is 2.36. The molecule has 0 unspecified atom stereocenters. The summed E-state index contributed by atoms with van der Waals surface area (Å²) in [5.74, 6) is 1.92. The van der Waals surface area contributed by atoms with E-state index in [2.05, 4.69) is 25.6 Å². The fraction of sp³-hybridized carbons (Fsp3) is 0.310. The molecule has 2 aromatic heterocycles. The fourth-order valence-electron chi connectivity index (χ4n) is 4.62. The molecule has 0 bridgehead atoms. The van der Waals surface area contributed by atoms with Gasteiger partial charge in [-0.2, -0.15) is 0 Å². The third-order valence-electron chi connectivity index (χ3n) is 6.72. The Hall–Kier alpha value is -3.79. The van der Waals surface area contributed by atoms with E-state index in [0.717, 1.165) is 35.2 Å². The number of pyridine rings is 1. The molecule has 1 atom stereocenters. The van der Waals surface area contributed by atoms with Crippen molar-refractivity contribution in [2.75, 3.05) is 45.7 Å². The van der Waals surface area contributed by atoms with Crippen molar-refractivity contribution in [3.05, 3.63) is 77.8 Å². The molecule has 3 heterocycles. The number of likely N-dealkylation sites (N-methyl/N-ethyl adjacent to an activating group) is 1. The van der Waals surface area contributed by atoms with E-state index in [0.29, 0.717) is 42.0 Å². The van der Waals surface area contributed by atoms with E-state index in [1.165, 1.54) is 6.33 Å². The van der Waals surface area contributed by atoms with Crippen molar-refractivity contribution >= 4 is 39.8 Å². The maximum atomic E-state index is 13.1. The Labute approximate surface area is 232 Å². The Bertz CT molecular complexity index is 1440. The first-order valence-electron chi connectivity index (χ1n) is 12.8. The first-order chi connectivity index (χ1) is 18.9. The number of halogens is 1. The minimum Gasteiger partial charge on any atom is -0.492 e. The number of carbonyl (C=O) groups is 1. The highest BCUT2D eigenvalue weighted by Gasteiger charge is 2.42. The van der Waals surface area contributed by atoms with Crippen molar-refractivity contribution in [2.24, 2.45) is 5.41 Å². The second-order valence-corrected chi connectivity index (χ2v) is 10.3. The lowest BCUT2D eigenvalue weighted by Gasteiger charge is -2.28. The third-order valence-corrected chi connectivity index (χ3v) is 7.02. The molecule has 0 saturated carbocycles. The SMILES string of the molecule is CN(C)CC(=O)[C@@]1(COc2cccc3ncnc(Nc4ccc(OCc5ccccn5)c(Cl)c4)c23)CCNC1. The fourth-order valence-corrected chi connectivity index (χ4v) is 4.85. The van der Waals surface area contributed by atoms with Crippen molar-refractivity contribution < 1.29 is 14.3 Å². The van der Waals surface area contributed by atoms with Gasteiger partial charge < -0.3 is 25.0 Å². The lowest BCUT2D eigenvalue weighted by molar-refractivity contribution is -0.130. The number of hydrogen-bond acceptors (Lipinski definition) is 9. The predicted octanol–water partition coefficient (Wildman–Crippen LogP) is 4.49. The number of fused-ring (bicyclic) bond motifs is 1. The van der Waals surface area contributed by atoms with Crippen LogP contribution in [0.5, 0.6) is 11.5 Å². The number of nitrogens with zero attached hydrogens (tertiary/aromatic N) is 4. The van der Waals surface area contributed by atoms with Gasteiger partial charge >= 0.3 is 0 Å². The zero-order valence-electron chi connectivity index (χ0n) is 22.0. The van der Waals surface area contributed by atoms with Crippen LogP contribution in [0.4, 0.5) is 11.5 Å². The summed E-state index contributed by atoms with van der Waals surface area (Å²) in [6.45, 7) is 2.35. The van der Waals surface area contributed by atoms with Gasteiger partial charge in [-0.1, -0.05) is 23.7 Å². The lowest BCUT2D eigenvalue weighted by Crippen LogP contribution is -2.43. The summed E-state index contributed by atoms with van der Waals surface area (Å²) < 4.78 is 12.2. The summed E-state index contributed by atoms with van der Waals surface area (Å²) in [4.78, 5) is 28.2. The molecule has 1 aliphatic rings. The number of anilines is 2. The largest absolute Gasteiger partial charge is 0.492 e. The van der Waals surface area contributed by atoms with E-state index in [9.17, 15) is 4.79 Å². The summed E-state index contributed by atoms with van der Waals surface area (Å²) in [6.07, 6.45) is 3.96. The number of ketones is 1. The van der Waals surface area contributed by atoms with Crippen LogP contribution in [0.25, 0.3) is 10.9 Å². The van der Waals surface area contributed by atoms with Crippen molar-refractivity contribution in [2.45, 2.75) is 13.0 Å². The average molecular weight is 547 g/mol. The molecule has 1 saturated heterocycles. The third kappa shape index (κ3) is 6.27. The van der Waals surface area contributed by atoms with Crippen LogP contribution < -0.4 is 20.1 Å². The van der Waals surface area contributed by atoms with E-state index in [-0.39, 0.29) is 12.4 Å². The molecule has 0 radical (unpaired) electrons. The van der Waals surface area contributed by atoms with Crippen molar-refractivity contribution in [1.82, 2.24) is 25.2 Å². The molecule has 0 aliphatic carbocycles. The molecule has 4 aromatic rings. The maximum absolute atomic E-state index is 13.1. The number of ether oxygens (including phenoxy) is 2. The van der Waals surface area contributed by atoms with Crippen LogP contribution in [0.1, 0.15) is 12.1 Å². The first kappa shape index (κ1) is 26.8. The number of Topliss-reactive ketones (excluding diaryl/α,β-unsaturated/α-hetero) is 1. The van der Waals surface area contributed by atoms with Crippen LogP contribution in [0.15, 0.2) is 67.1 Å². The molecule has 9 nitrogen and oxygen atoms in total. The molecule has 202 valence electrons. The van der Waals surface area contributed by atoms with Gasteiger partial charge in [0, 0.05) is 18.4 Å². The molecule has 0 amide bonds. The van der Waals surface area contributed by atoms with Crippen LogP contribution >= 0.6 is 11.6 Å². The Morgan fingerprint density at radius 3 is 2.72 bits per heavy atom. The van der Waals surface area contributed by atoms with Crippen molar-refractivity contribution in [1.29, 1.82) is 0 Å². The topological polar surface area (TPSA) is 102 Å². The van der Waals surface area contributed by atoms with Crippen molar-refractivity contribution in [3.63, 3.8) is 0 Å². The van der Waals surface area contributed by atoms with Crippen LogP contribution in [0.2, 0.25) is 5.02 Å². The standard InChI is InChI=1S/C29H31ClN6O3/c1-36(2)15-26(37)29(11-13-31-17-29)18-39-25-8-5-7-23-27(25)28(34-19-33-23)35-20-9-10-24(22(30)14-20)38-16-21-6-3-4-12-32-21/h3-10,12,14,19,31H,11,13,15-18H2,1-2H3,(H,33,34,35)/t29-/m0/s1. The highest BCUT2D eigenvalue weighted by atomic mass is 35.5. The van der Waals surface area contributed by atoms with E-state index in [1.54, 1.807) is 12.3 Å². The van der Waals surface area contributed by atoms with Gasteiger partial charge in [0.2, 0.25) is 0 Å². The summed E-state index contributed by atoms with van der Waals surface area (Å²) in [6, 6.07) is 16.8. The minimum absolute atomic E-state index is 0.173. The Morgan fingerprint density at radius 2 is 1.97 bits per heavy atom. The summed E-state index contributed by atoms with van der Waals surface area (Å²) >= 11 is 6.53. The molecular formula is C29H31ClN6O3. The second kappa shape index (κ2) is 11.9. The Morgan fingerprint density at radius 1 is 1.08 bits per heavy atom. The molecule has 5 rings (SSSR count). The van der Waals surface area contributed by atoms with Crippen molar-refractivity contribution in [3.8, 4) is 11.5 Å². The van der Waals surface area contributed by atoms with E-state index >= 15 is 0 Å². The summed E-state index contributed by atoms with van der Waals surface area (Å²) in [5, 5.41) is 7.86. The average Bonchev–Trinajstić information content (AvgIpc) is 3.42. The first-order valence-corrected chi connectivity index (χ1v) is 13.2. The molecule has 10 heteroatoms. The van der Waals surface area contributed by atoms with Gasteiger partial charge in [-0.15, -0.1) is 0 Å². The van der Waals surface area contributed by atoms with E-state index in [1.807, 2.05) is 67.5 Å². The number of hydrogen-bond donors (Lipinski definition) is 2. The van der Waals surface area contributed by atoms with Crippen LogP contribution in [0, 0.1) is 5.41 Å².